The maximum atomic E-state index is 11.8. The van der Waals surface area contributed by atoms with Crippen molar-refractivity contribution in [2.45, 2.75) is 5.33 Å². The highest BCUT2D eigenvalue weighted by molar-refractivity contribution is 9.08. The SMILES string of the molecule is FCCOc1ccc(CBr)c(Cl)c1. The first-order chi connectivity index (χ1) is 6.27. The summed E-state index contributed by atoms with van der Waals surface area (Å²) in [6.45, 7) is -0.415. The zero-order valence-corrected chi connectivity index (χ0v) is 9.24. The molecular formula is C9H9BrClFO. The molecule has 1 nitrogen and oxygen atoms in total. The maximum absolute atomic E-state index is 11.8. The van der Waals surface area contributed by atoms with Crippen LogP contribution in [-0.2, 0) is 5.33 Å². The Kier molecular flexibility index (Phi) is 4.53. The average Bonchev–Trinajstić information content (AvgIpc) is 2.15. The van der Waals surface area contributed by atoms with Crippen molar-refractivity contribution in [1.82, 2.24) is 0 Å². The summed E-state index contributed by atoms with van der Waals surface area (Å²) in [5.74, 6) is 0.604. The zero-order valence-electron chi connectivity index (χ0n) is 6.90. The average molecular weight is 268 g/mol. The van der Waals surface area contributed by atoms with Gasteiger partial charge in [0.15, 0.2) is 0 Å². The lowest BCUT2D eigenvalue weighted by molar-refractivity contribution is 0.273. The van der Waals surface area contributed by atoms with E-state index in [0.29, 0.717) is 16.1 Å². The molecule has 0 radical (unpaired) electrons. The summed E-state index contributed by atoms with van der Waals surface area (Å²) in [7, 11) is 0. The van der Waals surface area contributed by atoms with E-state index in [1.807, 2.05) is 6.07 Å². The van der Waals surface area contributed by atoms with Crippen molar-refractivity contribution < 1.29 is 9.13 Å². The number of ether oxygens (including phenoxy) is 1. The van der Waals surface area contributed by atoms with E-state index >= 15 is 0 Å². The van der Waals surface area contributed by atoms with Gasteiger partial charge in [0.05, 0.1) is 0 Å². The molecule has 0 aliphatic heterocycles. The van der Waals surface area contributed by atoms with Crippen LogP contribution in [0.15, 0.2) is 18.2 Å². The molecule has 13 heavy (non-hydrogen) atoms. The molecule has 0 unspecified atom stereocenters. The van der Waals surface area contributed by atoms with Crippen molar-refractivity contribution >= 4 is 27.5 Å². The maximum Gasteiger partial charge on any atom is 0.123 e. The van der Waals surface area contributed by atoms with Crippen LogP contribution in [0.5, 0.6) is 5.75 Å². The number of hydrogen-bond acceptors (Lipinski definition) is 1. The van der Waals surface area contributed by atoms with E-state index in [1.54, 1.807) is 12.1 Å². The normalized spacial score (nSPS) is 10.1. The molecule has 0 N–H and O–H groups in total. The Balaban J connectivity index is 2.71. The molecule has 0 saturated heterocycles. The molecule has 72 valence electrons. The number of benzene rings is 1. The van der Waals surface area contributed by atoms with Gasteiger partial charge >= 0.3 is 0 Å². The van der Waals surface area contributed by atoms with Crippen LogP contribution in [0.25, 0.3) is 0 Å². The molecule has 0 amide bonds. The second-order valence-electron chi connectivity index (χ2n) is 2.42. The van der Waals surface area contributed by atoms with Gasteiger partial charge in [0, 0.05) is 10.4 Å². The summed E-state index contributed by atoms with van der Waals surface area (Å²) in [6, 6.07) is 5.32. The minimum Gasteiger partial charge on any atom is -0.491 e. The fourth-order valence-corrected chi connectivity index (χ4v) is 1.77. The third-order valence-corrected chi connectivity index (χ3v) is 2.47. The fraction of sp³-hybridized carbons (Fsp3) is 0.333. The van der Waals surface area contributed by atoms with Crippen molar-refractivity contribution in [3.8, 4) is 5.75 Å². The van der Waals surface area contributed by atoms with Gasteiger partial charge < -0.3 is 4.74 Å². The Morgan fingerprint density at radius 3 is 2.77 bits per heavy atom. The van der Waals surface area contributed by atoms with Gasteiger partial charge in [-0.05, 0) is 17.7 Å². The first kappa shape index (κ1) is 10.8. The Bertz CT molecular complexity index is 280. The summed E-state index contributed by atoms with van der Waals surface area (Å²) in [5.41, 5.74) is 0.995. The third-order valence-electron chi connectivity index (χ3n) is 1.51. The van der Waals surface area contributed by atoms with Gasteiger partial charge in [0.25, 0.3) is 0 Å². The van der Waals surface area contributed by atoms with Gasteiger partial charge in [0.2, 0.25) is 0 Å². The molecule has 0 aliphatic carbocycles. The highest BCUT2D eigenvalue weighted by atomic mass is 79.9. The molecule has 1 aromatic rings. The van der Waals surface area contributed by atoms with Crippen molar-refractivity contribution in [2.75, 3.05) is 13.3 Å². The van der Waals surface area contributed by atoms with Crippen molar-refractivity contribution in [3.05, 3.63) is 28.8 Å². The van der Waals surface area contributed by atoms with Gasteiger partial charge in [-0.15, -0.1) is 0 Å². The van der Waals surface area contributed by atoms with Crippen LogP contribution in [0.4, 0.5) is 4.39 Å². The largest absolute Gasteiger partial charge is 0.491 e. The first-order valence-corrected chi connectivity index (χ1v) is 5.31. The third kappa shape index (κ3) is 3.16. The summed E-state index contributed by atoms with van der Waals surface area (Å²) < 4.78 is 16.8. The lowest BCUT2D eigenvalue weighted by atomic mass is 10.2. The van der Waals surface area contributed by atoms with Crippen LogP contribution in [0.3, 0.4) is 0 Å². The van der Waals surface area contributed by atoms with E-state index in [2.05, 4.69) is 15.9 Å². The van der Waals surface area contributed by atoms with E-state index in [4.69, 9.17) is 16.3 Å². The molecule has 1 aromatic carbocycles. The van der Waals surface area contributed by atoms with Crippen molar-refractivity contribution in [3.63, 3.8) is 0 Å². The van der Waals surface area contributed by atoms with E-state index in [0.717, 1.165) is 5.56 Å². The van der Waals surface area contributed by atoms with Gasteiger partial charge in [-0.2, -0.15) is 0 Å². The molecule has 0 saturated carbocycles. The van der Waals surface area contributed by atoms with Crippen LogP contribution >= 0.6 is 27.5 Å². The van der Waals surface area contributed by atoms with Crippen molar-refractivity contribution in [1.29, 1.82) is 0 Å². The molecule has 0 heterocycles. The topological polar surface area (TPSA) is 9.23 Å². The van der Waals surface area contributed by atoms with E-state index in [1.165, 1.54) is 0 Å². The zero-order chi connectivity index (χ0) is 9.68. The summed E-state index contributed by atoms with van der Waals surface area (Å²) in [6.07, 6.45) is 0. The van der Waals surface area contributed by atoms with Crippen molar-refractivity contribution in [2.24, 2.45) is 0 Å². The first-order valence-electron chi connectivity index (χ1n) is 3.81. The van der Waals surface area contributed by atoms with E-state index < -0.39 is 6.67 Å². The monoisotopic (exact) mass is 266 g/mol. The minimum absolute atomic E-state index is 0.0734. The Labute approximate surface area is 90.0 Å². The summed E-state index contributed by atoms with van der Waals surface area (Å²) >= 11 is 9.20. The Morgan fingerprint density at radius 2 is 2.23 bits per heavy atom. The predicted octanol–water partition coefficient (Wildman–Crippen LogP) is 3.58. The molecule has 0 fully saturated rings. The number of halogens is 3. The molecule has 1 rings (SSSR count). The van der Waals surface area contributed by atoms with Crippen LogP contribution in [0, 0.1) is 0 Å². The lowest BCUT2D eigenvalue weighted by Crippen LogP contribution is -1.98. The van der Waals surface area contributed by atoms with Crippen LogP contribution < -0.4 is 4.74 Å². The second kappa shape index (κ2) is 5.45. The number of rotatable bonds is 4. The Hall–Kier alpha value is -0.280. The number of hydrogen-bond donors (Lipinski definition) is 0. The summed E-state index contributed by atoms with van der Waals surface area (Å²) in [4.78, 5) is 0. The van der Waals surface area contributed by atoms with Crippen LogP contribution in [-0.4, -0.2) is 13.3 Å². The van der Waals surface area contributed by atoms with Crippen LogP contribution in [0.1, 0.15) is 5.56 Å². The molecule has 0 spiro atoms. The van der Waals surface area contributed by atoms with Gasteiger partial charge in [-0.25, -0.2) is 4.39 Å². The smallest absolute Gasteiger partial charge is 0.123 e. The standard InChI is InChI=1S/C9H9BrClFO/c10-6-7-1-2-8(5-9(7)11)13-4-3-12/h1-2,5H,3-4,6H2. The quantitative estimate of drug-likeness (QED) is 0.758. The fourth-order valence-electron chi connectivity index (χ4n) is 0.883. The van der Waals surface area contributed by atoms with Crippen LogP contribution in [0.2, 0.25) is 5.02 Å². The predicted molar refractivity (Wildman–Crippen MR) is 55.6 cm³/mol. The summed E-state index contributed by atoms with van der Waals surface area (Å²) in [5, 5.41) is 1.34. The number of alkyl halides is 2. The lowest BCUT2D eigenvalue weighted by Gasteiger charge is -2.05. The Morgan fingerprint density at radius 1 is 1.46 bits per heavy atom. The minimum atomic E-state index is -0.488. The highest BCUT2D eigenvalue weighted by Gasteiger charge is 2.00. The van der Waals surface area contributed by atoms with E-state index in [9.17, 15) is 4.39 Å². The van der Waals surface area contributed by atoms with Gasteiger partial charge in [0.1, 0.15) is 19.0 Å². The molecule has 0 aliphatic rings. The molecule has 0 atom stereocenters. The molecule has 4 heteroatoms. The van der Waals surface area contributed by atoms with Gasteiger partial charge in [-0.3, -0.25) is 0 Å². The molecular weight excluding hydrogens is 258 g/mol. The second-order valence-corrected chi connectivity index (χ2v) is 3.39. The molecule has 0 bridgehead atoms. The molecule has 0 aromatic heterocycles. The van der Waals surface area contributed by atoms with E-state index in [-0.39, 0.29) is 6.61 Å². The highest BCUT2D eigenvalue weighted by Crippen LogP contribution is 2.24. The van der Waals surface area contributed by atoms with Gasteiger partial charge in [-0.1, -0.05) is 33.6 Å².